The van der Waals surface area contributed by atoms with Gasteiger partial charge in [-0.15, -0.1) is 0 Å². The first-order valence-corrected chi connectivity index (χ1v) is 10.1. The number of rotatable bonds is 6. The number of nitrogens with two attached hydrogens (primary N) is 1. The lowest BCUT2D eigenvalue weighted by atomic mass is 9.91. The maximum absolute atomic E-state index is 12.5. The Labute approximate surface area is 171 Å². The molecule has 1 aliphatic heterocycles. The third kappa shape index (κ3) is 4.69. The summed E-state index contributed by atoms with van der Waals surface area (Å²) in [4.78, 5) is 21.0. The van der Waals surface area contributed by atoms with E-state index >= 15 is 0 Å². The zero-order valence-electron chi connectivity index (χ0n) is 16.4. The van der Waals surface area contributed by atoms with Crippen molar-refractivity contribution in [3.05, 3.63) is 77.7 Å². The fourth-order valence-electron chi connectivity index (χ4n) is 3.76. The summed E-state index contributed by atoms with van der Waals surface area (Å²) >= 11 is 0. The van der Waals surface area contributed by atoms with E-state index in [4.69, 9.17) is 10.5 Å². The van der Waals surface area contributed by atoms with E-state index in [1.165, 1.54) is 5.56 Å². The number of nitrogens with zero attached hydrogens (tertiary/aromatic N) is 2. The molecule has 5 nitrogen and oxygen atoms in total. The molecule has 0 atom stereocenters. The van der Waals surface area contributed by atoms with E-state index in [0.717, 1.165) is 42.7 Å². The number of carbonyl (C=O) groups is 1. The molecular weight excluding hydrogens is 362 g/mol. The molecule has 0 radical (unpaired) electrons. The Hall–Kier alpha value is -3.05. The molecule has 4 rings (SSSR count). The zero-order chi connectivity index (χ0) is 20.1. The van der Waals surface area contributed by atoms with Crippen LogP contribution in [-0.4, -0.2) is 29.0 Å². The lowest BCUT2D eigenvalue weighted by Crippen LogP contribution is -2.14. The van der Waals surface area contributed by atoms with Crippen molar-refractivity contribution in [3.63, 3.8) is 0 Å². The molecule has 0 saturated carbocycles. The highest BCUT2D eigenvalue weighted by Gasteiger charge is 2.18. The highest BCUT2D eigenvalue weighted by molar-refractivity contribution is 5.96. The number of Topliss-reactive ketones (excluding diaryl/α,β-unsaturated/α-hetero) is 1. The molecule has 0 unspecified atom stereocenters. The Balaban J connectivity index is 1.48. The van der Waals surface area contributed by atoms with Crippen molar-refractivity contribution in [1.82, 2.24) is 9.97 Å². The van der Waals surface area contributed by atoms with Gasteiger partial charge in [-0.3, -0.25) is 9.78 Å². The van der Waals surface area contributed by atoms with Crippen LogP contribution in [0.3, 0.4) is 0 Å². The van der Waals surface area contributed by atoms with Gasteiger partial charge in [-0.2, -0.15) is 0 Å². The molecule has 2 N–H and O–H groups in total. The van der Waals surface area contributed by atoms with Crippen LogP contribution in [0, 0.1) is 0 Å². The molecule has 1 aromatic carbocycles. The minimum Gasteiger partial charge on any atom is -0.383 e. The molecule has 3 heterocycles. The first-order valence-electron chi connectivity index (χ1n) is 10.1. The van der Waals surface area contributed by atoms with Gasteiger partial charge >= 0.3 is 0 Å². The second kappa shape index (κ2) is 8.97. The van der Waals surface area contributed by atoms with Gasteiger partial charge in [-0.05, 0) is 54.0 Å². The lowest BCUT2D eigenvalue weighted by Gasteiger charge is -2.22. The summed E-state index contributed by atoms with van der Waals surface area (Å²) in [6.07, 6.45) is 8.60. The third-order valence-corrected chi connectivity index (χ3v) is 5.51. The number of carbonyl (C=O) groups excluding carboxylic acids is 1. The van der Waals surface area contributed by atoms with Crippen LogP contribution >= 0.6 is 0 Å². The normalized spacial score (nSPS) is 14.6. The number of hydrogen-bond acceptors (Lipinski definition) is 5. The molecule has 5 heteroatoms. The summed E-state index contributed by atoms with van der Waals surface area (Å²) < 4.78 is 5.46. The van der Waals surface area contributed by atoms with Crippen LogP contribution in [0.4, 0.5) is 5.82 Å². The average molecular weight is 387 g/mol. The van der Waals surface area contributed by atoms with Crippen LogP contribution in [0.2, 0.25) is 0 Å². The van der Waals surface area contributed by atoms with Crippen molar-refractivity contribution in [2.24, 2.45) is 0 Å². The van der Waals surface area contributed by atoms with Gasteiger partial charge in [-0.1, -0.05) is 30.3 Å². The van der Waals surface area contributed by atoms with Crippen LogP contribution in [0.25, 0.3) is 11.1 Å². The number of aromatic nitrogens is 2. The van der Waals surface area contributed by atoms with Gasteiger partial charge in [0.1, 0.15) is 5.82 Å². The quantitative estimate of drug-likeness (QED) is 0.633. The van der Waals surface area contributed by atoms with Crippen molar-refractivity contribution in [2.75, 3.05) is 18.9 Å². The van der Waals surface area contributed by atoms with Crippen molar-refractivity contribution < 1.29 is 9.53 Å². The van der Waals surface area contributed by atoms with Crippen LogP contribution in [0.15, 0.2) is 61.1 Å². The minimum absolute atomic E-state index is 0.127. The molecule has 0 spiro atoms. The average Bonchev–Trinajstić information content (AvgIpc) is 2.79. The highest BCUT2D eigenvalue weighted by atomic mass is 16.5. The molecule has 3 aromatic rings. The number of hydrogen-bond donors (Lipinski definition) is 1. The fourth-order valence-corrected chi connectivity index (χ4v) is 3.76. The molecule has 148 valence electrons. The predicted molar refractivity (Wildman–Crippen MR) is 114 cm³/mol. The van der Waals surface area contributed by atoms with E-state index < -0.39 is 0 Å². The number of pyridine rings is 2. The summed E-state index contributed by atoms with van der Waals surface area (Å²) in [7, 11) is 0. The molecule has 0 aliphatic carbocycles. The molecule has 0 amide bonds. The second-order valence-electron chi connectivity index (χ2n) is 7.45. The monoisotopic (exact) mass is 387 g/mol. The van der Waals surface area contributed by atoms with Gasteiger partial charge in [0.05, 0.1) is 0 Å². The molecule has 2 aromatic heterocycles. The van der Waals surface area contributed by atoms with E-state index in [1.807, 2.05) is 42.6 Å². The molecule has 1 aliphatic rings. The smallest absolute Gasteiger partial charge is 0.163 e. The Morgan fingerprint density at radius 3 is 2.62 bits per heavy atom. The second-order valence-corrected chi connectivity index (χ2v) is 7.45. The summed E-state index contributed by atoms with van der Waals surface area (Å²) in [5.41, 5.74) is 11.0. The van der Waals surface area contributed by atoms with Crippen molar-refractivity contribution in [1.29, 1.82) is 0 Å². The first-order chi connectivity index (χ1) is 14.2. The molecule has 1 saturated heterocycles. The number of aryl methyl sites for hydroxylation is 1. The van der Waals surface area contributed by atoms with Gasteiger partial charge in [0, 0.05) is 49.4 Å². The van der Waals surface area contributed by atoms with E-state index in [2.05, 4.69) is 16.0 Å². The lowest BCUT2D eigenvalue weighted by molar-refractivity contribution is 0.0853. The number of benzene rings is 1. The van der Waals surface area contributed by atoms with E-state index in [-0.39, 0.29) is 5.78 Å². The maximum Gasteiger partial charge on any atom is 0.163 e. The van der Waals surface area contributed by atoms with E-state index in [9.17, 15) is 4.79 Å². The van der Waals surface area contributed by atoms with Crippen molar-refractivity contribution >= 4 is 11.6 Å². The Bertz CT molecular complexity index is 965. The van der Waals surface area contributed by atoms with Gasteiger partial charge < -0.3 is 10.5 Å². The number of anilines is 1. The summed E-state index contributed by atoms with van der Waals surface area (Å²) in [6.45, 7) is 1.58. The summed E-state index contributed by atoms with van der Waals surface area (Å²) in [5.74, 6) is 1.10. The van der Waals surface area contributed by atoms with Gasteiger partial charge in [-0.25, -0.2) is 4.98 Å². The van der Waals surface area contributed by atoms with Crippen LogP contribution in [0.1, 0.15) is 46.7 Å². The van der Waals surface area contributed by atoms with Crippen LogP contribution in [0.5, 0.6) is 0 Å². The number of ether oxygens (including phenoxy) is 1. The fraction of sp³-hybridized carbons (Fsp3) is 0.292. The van der Waals surface area contributed by atoms with Gasteiger partial charge in [0.2, 0.25) is 0 Å². The first kappa shape index (κ1) is 19.3. The van der Waals surface area contributed by atoms with Gasteiger partial charge in [0.25, 0.3) is 0 Å². The Morgan fingerprint density at radius 1 is 1.10 bits per heavy atom. The van der Waals surface area contributed by atoms with Crippen molar-refractivity contribution in [3.8, 4) is 11.1 Å². The standard InChI is InChI=1S/C24H25N3O2/c25-24-22(14-21(16-27-24)18-9-12-29-13-10-18)19-4-6-20(7-5-19)23(28)8-3-17-2-1-11-26-15-17/h1-2,4-7,11,14-16,18H,3,8-10,12-13H2,(H2,25,27). The topological polar surface area (TPSA) is 78.1 Å². The Morgan fingerprint density at radius 2 is 1.90 bits per heavy atom. The maximum atomic E-state index is 12.5. The van der Waals surface area contributed by atoms with E-state index in [0.29, 0.717) is 30.1 Å². The molecule has 0 bridgehead atoms. The number of ketones is 1. The molecule has 1 fully saturated rings. The van der Waals surface area contributed by atoms with Crippen LogP contribution in [-0.2, 0) is 11.2 Å². The van der Waals surface area contributed by atoms with Crippen LogP contribution < -0.4 is 5.73 Å². The molecular formula is C24H25N3O2. The summed E-state index contributed by atoms with van der Waals surface area (Å²) in [5, 5.41) is 0. The third-order valence-electron chi connectivity index (χ3n) is 5.51. The largest absolute Gasteiger partial charge is 0.383 e. The molecule has 29 heavy (non-hydrogen) atoms. The van der Waals surface area contributed by atoms with E-state index in [1.54, 1.807) is 12.4 Å². The zero-order valence-corrected chi connectivity index (χ0v) is 16.4. The van der Waals surface area contributed by atoms with Crippen molar-refractivity contribution in [2.45, 2.75) is 31.6 Å². The highest BCUT2D eigenvalue weighted by Crippen LogP contribution is 2.32. The Kier molecular flexibility index (Phi) is 5.96. The number of nitrogen functional groups attached to an aromatic ring is 1. The SMILES string of the molecule is Nc1ncc(C2CCOCC2)cc1-c1ccc(C(=O)CCc2cccnc2)cc1. The van der Waals surface area contributed by atoms with Gasteiger partial charge in [0.15, 0.2) is 5.78 Å². The summed E-state index contributed by atoms with van der Waals surface area (Å²) in [6, 6.07) is 13.7. The minimum atomic E-state index is 0.127. The predicted octanol–water partition coefficient (Wildman–Crippen LogP) is 4.44.